The second-order valence-corrected chi connectivity index (χ2v) is 24.1. The molecule has 77 heavy (non-hydrogen) atoms. The second-order valence-electron chi connectivity index (χ2n) is 22.4. The van der Waals surface area contributed by atoms with Gasteiger partial charge in [-0.25, -0.2) is 23.1 Å². The van der Waals surface area contributed by atoms with E-state index in [0.717, 1.165) is 101 Å². The molecule has 2 aliphatic carbocycles. The molecular formula is C58H68N10O8S. The molecule has 404 valence electrons. The Morgan fingerprint density at radius 2 is 1.70 bits per heavy atom. The van der Waals surface area contributed by atoms with Crippen LogP contribution in [0.15, 0.2) is 109 Å². The van der Waals surface area contributed by atoms with Gasteiger partial charge in [0.05, 0.1) is 41.2 Å². The van der Waals surface area contributed by atoms with Crippen molar-refractivity contribution in [2.75, 3.05) is 56.6 Å². The van der Waals surface area contributed by atoms with Crippen molar-refractivity contribution in [2.24, 2.45) is 11.3 Å². The summed E-state index contributed by atoms with van der Waals surface area (Å²) in [7, 11) is -3.07. The first kappa shape index (κ1) is 52.0. The Kier molecular flexibility index (Phi) is 14.2. The summed E-state index contributed by atoms with van der Waals surface area (Å²) in [5.74, 6) is 0.893. The van der Waals surface area contributed by atoms with E-state index in [1.54, 1.807) is 31.5 Å². The van der Waals surface area contributed by atoms with Crippen LogP contribution in [0.5, 0.6) is 17.2 Å². The van der Waals surface area contributed by atoms with E-state index in [4.69, 9.17) is 9.47 Å². The van der Waals surface area contributed by atoms with Crippen molar-refractivity contribution >= 4 is 55.1 Å². The number of carbonyl (C=O) groups excluding carboxylic acids is 1. The molecule has 1 spiro atoms. The van der Waals surface area contributed by atoms with Crippen LogP contribution in [0, 0.1) is 21.4 Å². The lowest BCUT2D eigenvalue weighted by atomic mass is 9.59. The fraction of sp³-hybridized carbons (Fsp3) is 0.431. The molecule has 4 aliphatic rings. The molecule has 3 aromatic heterocycles. The highest BCUT2D eigenvalue weighted by atomic mass is 32.2. The van der Waals surface area contributed by atoms with Crippen molar-refractivity contribution in [2.45, 2.75) is 107 Å². The number of fused-ring (bicyclic) bond motifs is 2. The van der Waals surface area contributed by atoms with E-state index in [9.17, 15) is 28.4 Å². The van der Waals surface area contributed by atoms with Crippen LogP contribution in [0.2, 0.25) is 0 Å². The van der Waals surface area contributed by atoms with E-state index in [0.29, 0.717) is 42.7 Å². The number of methoxy groups -OCH3 is 1. The minimum Gasteiger partial charge on any atom is -0.497 e. The summed E-state index contributed by atoms with van der Waals surface area (Å²) in [5.41, 5.74) is 4.68. The van der Waals surface area contributed by atoms with Crippen molar-refractivity contribution in [3.05, 3.63) is 136 Å². The Labute approximate surface area is 448 Å². The zero-order valence-electron chi connectivity index (χ0n) is 44.1. The number of nitro benzene ring substituents is 1. The van der Waals surface area contributed by atoms with E-state index in [-0.39, 0.29) is 45.4 Å². The third-order valence-electron chi connectivity index (χ3n) is 17.0. The summed E-state index contributed by atoms with van der Waals surface area (Å²) in [6, 6.07) is 27.9. The van der Waals surface area contributed by atoms with E-state index in [2.05, 4.69) is 94.9 Å². The fourth-order valence-corrected chi connectivity index (χ4v) is 13.7. The van der Waals surface area contributed by atoms with Gasteiger partial charge in [0.15, 0.2) is 0 Å². The summed E-state index contributed by atoms with van der Waals surface area (Å²) in [6.07, 6.45) is 11.5. The molecule has 2 saturated carbocycles. The smallest absolute Gasteiger partial charge is 0.296 e. The van der Waals surface area contributed by atoms with Gasteiger partial charge in [-0.1, -0.05) is 50.2 Å². The first-order valence-corrected chi connectivity index (χ1v) is 28.4. The Balaban J connectivity index is 0.804. The van der Waals surface area contributed by atoms with Crippen LogP contribution >= 0.6 is 0 Å². The number of rotatable bonds is 16. The van der Waals surface area contributed by atoms with Crippen LogP contribution in [-0.4, -0.2) is 112 Å². The molecule has 2 saturated heterocycles. The lowest BCUT2D eigenvalue weighted by molar-refractivity contribution is -0.384. The number of anilines is 2. The highest BCUT2D eigenvalue weighted by Crippen LogP contribution is 2.53. The lowest BCUT2D eigenvalue weighted by Gasteiger charge is -2.58. The number of sulfonamides is 1. The van der Waals surface area contributed by atoms with Crippen molar-refractivity contribution in [1.29, 1.82) is 0 Å². The molecule has 7 aromatic rings. The normalized spacial score (nSPS) is 21.4. The average Bonchev–Trinajstić information content (AvgIpc) is 4.20. The molecule has 1 amide bonds. The van der Waals surface area contributed by atoms with Gasteiger partial charge in [-0.15, -0.1) is 0 Å². The first-order chi connectivity index (χ1) is 37.0. The van der Waals surface area contributed by atoms with Gasteiger partial charge in [0.2, 0.25) is 0 Å². The highest BCUT2D eigenvalue weighted by Gasteiger charge is 2.50. The molecule has 0 radical (unpaired) electrons. The molecule has 4 fully saturated rings. The maximum Gasteiger partial charge on any atom is 0.296 e. The van der Waals surface area contributed by atoms with Crippen molar-refractivity contribution in [1.82, 2.24) is 34.5 Å². The number of amides is 1. The van der Waals surface area contributed by atoms with Crippen molar-refractivity contribution < 1.29 is 32.7 Å². The number of aromatic amines is 2. The van der Waals surface area contributed by atoms with Gasteiger partial charge in [0, 0.05) is 87.3 Å². The van der Waals surface area contributed by atoms with Gasteiger partial charge < -0.3 is 34.8 Å². The molecule has 5 heterocycles. The van der Waals surface area contributed by atoms with Gasteiger partial charge in [0.25, 0.3) is 21.6 Å². The Bertz CT molecular complexity index is 3410. The summed E-state index contributed by atoms with van der Waals surface area (Å²) in [6.45, 7) is 12.2. The average molecular weight is 1070 g/mol. The van der Waals surface area contributed by atoms with E-state index >= 15 is 0 Å². The third kappa shape index (κ3) is 10.8. The zero-order chi connectivity index (χ0) is 53.6. The number of hydrogen-bond donors (Lipinski definition) is 5. The predicted octanol–water partition coefficient (Wildman–Crippen LogP) is 10.1. The molecule has 1 atom stereocenters. The Morgan fingerprint density at radius 1 is 0.935 bits per heavy atom. The standard InChI is InChI=1S/C58H68N10O8S/c1-37(2)45-7-5-6-8-46(45)49-35-65(34-39-9-12-43(75-4)13-10-39)25-26-67(49)42-30-58(31-42)20-23-66(24-21-58)41-11-14-47(50(28-41)76-44-27-40-17-22-59-55(40)61-33-44)56(69)64-77(73,74)51-29-48(68(71)72)52(54-53(51)62-36-63-54)60-32-38-15-18-57(3,70)19-16-38/h5-14,17,22,27-29,33,36-38,42,49,60,70H,15-16,18-21,23-26,30-32,34-35H2,1-4H3,(H,59,61)(H,62,63)(H,64,69)/t38-,49?,57-. The van der Waals surface area contributed by atoms with E-state index in [1.807, 2.05) is 31.2 Å². The number of piperidine rings is 1. The molecule has 5 N–H and O–H groups in total. The minimum absolute atomic E-state index is 0.0583. The summed E-state index contributed by atoms with van der Waals surface area (Å²) >= 11 is 0. The topological polar surface area (TPSA) is 224 Å². The largest absolute Gasteiger partial charge is 0.497 e. The van der Waals surface area contributed by atoms with Gasteiger partial charge >= 0.3 is 0 Å². The lowest BCUT2D eigenvalue weighted by Crippen LogP contribution is -2.60. The second kappa shape index (κ2) is 21.1. The zero-order valence-corrected chi connectivity index (χ0v) is 44.9. The maximum atomic E-state index is 14.4. The van der Waals surface area contributed by atoms with Crippen LogP contribution < -0.4 is 24.4 Å². The number of hydrogen-bond acceptors (Lipinski definition) is 14. The molecule has 4 aromatic carbocycles. The third-order valence-corrected chi connectivity index (χ3v) is 18.3. The molecule has 1 unspecified atom stereocenters. The van der Waals surface area contributed by atoms with Crippen molar-refractivity contribution in [3.63, 3.8) is 0 Å². The van der Waals surface area contributed by atoms with Gasteiger partial charge in [-0.2, -0.15) is 0 Å². The molecule has 2 aliphatic heterocycles. The quantitative estimate of drug-likeness (QED) is 0.0449. The molecule has 19 heteroatoms. The van der Waals surface area contributed by atoms with Crippen LogP contribution in [0.3, 0.4) is 0 Å². The van der Waals surface area contributed by atoms with Crippen LogP contribution in [-0.2, 0) is 16.6 Å². The number of carbonyl (C=O) groups is 1. The van der Waals surface area contributed by atoms with E-state index in [1.165, 1.54) is 29.2 Å². The number of ether oxygens (including phenoxy) is 2. The van der Waals surface area contributed by atoms with Gasteiger partial charge in [0.1, 0.15) is 39.0 Å². The van der Waals surface area contributed by atoms with Crippen LogP contribution in [0.25, 0.3) is 22.1 Å². The number of piperazine rings is 1. The summed E-state index contributed by atoms with van der Waals surface area (Å²) < 4.78 is 42.7. The van der Waals surface area contributed by atoms with Gasteiger partial charge in [-0.05, 0) is 129 Å². The van der Waals surface area contributed by atoms with Crippen LogP contribution in [0.4, 0.5) is 17.1 Å². The molecular weight excluding hydrogens is 997 g/mol. The fourth-order valence-electron chi connectivity index (χ4n) is 12.5. The Hall–Kier alpha value is -7.06. The molecule has 11 rings (SSSR count). The number of imidazole rings is 1. The Morgan fingerprint density at radius 3 is 2.44 bits per heavy atom. The number of pyridine rings is 1. The SMILES string of the molecule is COc1ccc(CN2CCN(C3CC4(CCN(c5ccc(C(=O)NS(=O)(=O)c6cc([N+](=O)[O-])c(NC[C@H]7CC[C@](C)(O)CC7)c7[nH]cnc67)c(Oc6cnc7[nH]ccc7c6)c5)CC4)C3)C(c3ccccc3C(C)C)C2)cc1. The number of nitrogens with one attached hydrogen (secondary N) is 4. The molecule has 18 nitrogen and oxygen atoms in total. The van der Waals surface area contributed by atoms with Crippen molar-refractivity contribution in [3.8, 4) is 17.2 Å². The number of nitrogens with zero attached hydrogens (tertiary/aromatic N) is 6. The summed E-state index contributed by atoms with van der Waals surface area (Å²) in [4.78, 5) is 48.1. The van der Waals surface area contributed by atoms with E-state index < -0.39 is 37.0 Å². The highest BCUT2D eigenvalue weighted by molar-refractivity contribution is 7.90. The monoisotopic (exact) mass is 1060 g/mol. The predicted molar refractivity (Wildman–Crippen MR) is 296 cm³/mol. The number of H-pyrrole nitrogens is 2. The van der Waals surface area contributed by atoms with Crippen LogP contribution in [0.1, 0.15) is 111 Å². The first-order valence-electron chi connectivity index (χ1n) is 26.9. The number of aromatic nitrogens is 4. The molecule has 0 bridgehead atoms. The number of benzene rings is 4. The number of nitro groups is 1. The number of aliphatic hydroxyl groups is 1. The minimum atomic E-state index is -4.77. The van der Waals surface area contributed by atoms with Gasteiger partial charge in [-0.3, -0.25) is 24.7 Å². The summed E-state index contributed by atoms with van der Waals surface area (Å²) in [5, 5.41) is 27.0. The maximum absolute atomic E-state index is 14.4.